The summed E-state index contributed by atoms with van der Waals surface area (Å²) in [4.78, 5) is 6.91. The van der Waals surface area contributed by atoms with Gasteiger partial charge in [-0.1, -0.05) is 0 Å². The summed E-state index contributed by atoms with van der Waals surface area (Å²) >= 11 is 3.57. The van der Waals surface area contributed by atoms with E-state index >= 15 is 0 Å². The highest BCUT2D eigenvalue weighted by Gasteiger charge is 2.11. The molecule has 2 nitrogen and oxygen atoms in total. The van der Waals surface area contributed by atoms with E-state index in [2.05, 4.69) is 32.9 Å². The van der Waals surface area contributed by atoms with Crippen molar-refractivity contribution in [2.75, 3.05) is 0 Å². The predicted octanol–water partition coefficient (Wildman–Crippen LogP) is 3.93. The Labute approximate surface area is 87.2 Å². The number of nitrogens with one attached hydrogen (secondary N) is 2. The van der Waals surface area contributed by atoms with Gasteiger partial charge in [0.05, 0.1) is 31.5 Å². The molecule has 0 unspecified atom stereocenters. The third-order valence-electron chi connectivity index (χ3n) is 2.55. The highest BCUT2D eigenvalue weighted by molar-refractivity contribution is 7.19. The fourth-order valence-electron chi connectivity index (χ4n) is 1.94. The molecule has 0 saturated carbocycles. The summed E-state index contributed by atoms with van der Waals surface area (Å²) in [6.07, 6.45) is 0. The third kappa shape index (κ3) is 0.679. The molecule has 4 aromatic rings. The summed E-state index contributed by atoms with van der Waals surface area (Å²) in [6.45, 7) is 0. The van der Waals surface area contributed by atoms with E-state index in [1.165, 1.54) is 31.5 Å². The predicted molar refractivity (Wildman–Crippen MR) is 63.4 cm³/mol. The second-order valence-electron chi connectivity index (χ2n) is 3.33. The first-order valence-electron chi connectivity index (χ1n) is 4.37. The molecule has 4 rings (SSSR count). The van der Waals surface area contributed by atoms with Gasteiger partial charge < -0.3 is 9.97 Å². The molecule has 14 heavy (non-hydrogen) atoms. The maximum Gasteiger partial charge on any atom is 0.0835 e. The summed E-state index contributed by atoms with van der Waals surface area (Å²) in [5, 5.41) is 4.24. The van der Waals surface area contributed by atoms with E-state index in [0.717, 1.165) is 0 Å². The number of H-pyrrole nitrogens is 2. The number of aromatic nitrogens is 2. The lowest BCUT2D eigenvalue weighted by atomic mass is 10.4. The van der Waals surface area contributed by atoms with Gasteiger partial charge >= 0.3 is 0 Å². The molecule has 0 spiro atoms. The van der Waals surface area contributed by atoms with Crippen LogP contribution in [0.2, 0.25) is 0 Å². The summed E-state index contributed by atoms with van der Waals surface area (Å²) in [5.41, 5.74) is 5.01. The zero-order valence-corrected chi connectivity index (χ0v) is 8.76. The van der Waals surface area contributed by atoms with Crippen LogP contribution in [0.15, 0.2) is 22.9 Å². The van der Waals surface area contributed by atoms with Crippen molar-refractivity contribution >= 4 is 54.1 Å². The van der Waals surface area contributed by atoms with Crippen LogP contribution in [-0.2, 0) is 0 Å². The van der Waals surface area contributed by atoms with Crippen molar-refractivity contribution in [2.24, 2.45) is 0 Å². The molecular weight excluding hydrogens is 212 g/mol. The maximum absolute atomic E-state index is 3.46. The van der Waals surface area contributed by atoms with Crippen molar-refractivity contribution in [3.63, 3.8) is 0 Å². The van der Waals surface area contributed by atoms with Gasteiger partial charge in [-0.15, -0.1) is 22.7 Å². The Hall–Kier alpha value is -1.26. The minimum absolute atomic E-state index is 1.24. The molecule has 4 heteroatoms. The molecule has 0 bridgehead atoms. The van der Waals surface area contributed by atoms with Gasteiger partial charge in [-0.25, -0.2) is 0 Å². The molecule has 0 aliphatic rings. The average Bonchev–Trinajstić information content (AvgIpc) is 2.80. The van der Waals surface area contributed by atoms with Crippen molar-refractivity contribution in [1.82, 2.24) is 9.97 Å². The normalized spacial score (nSPS) is 12.3. The molecule has 0 saturated heterocycles. The van der Waals surface area contributed by atoms with Gasteiger partial charge in [0.1, 0.15) is 0 Å². The van der Waals surface area contributed by atoms with Gasteiger partial charge in [-0.05, 0) is 22.9 Å². The molecule has 0 aromatic carbocycles. The quantitative estimate of drug-likeness (QED) is 0.448. The minimum atomic E-state index is 1.24. The standard InChI is InChI=1S/C10H6N2S2/c1-3-13-9-5(1)11-8-7(9)12-6-2-4-14-10(6)8/h1-4,11-12H. The Kier molecular flexibility index (Phi) is 1.12. The van der Waals surface area contributed by atoms with Crippen LogP contribution >= 0.6 is 22.7 Å². The van der Waals surface area contributed by atoms with Crippen LogP contribution in [0.3, 0.4) is 0 Å². The third-order valence-corrected chi connectivity index (χ3v) is 4.42. The average molecular weight is 218 g/mol. The number of thiophene rings is 2. The number of hydrogen-bond donors (Lipinski definition) is 2. The van der Waals surface area contributed by atoms with E-state index in [0.29, 0.717) is 0 Å². The Balaban J connectivity index is 2.43. The fraction of sp³-hybridized carbons (Fsp3) is 0. The van der Waals surface area contributed by atoms with E-state index in [-0.39, 0.29) is 0 Å². The van der Waals surface area contributed by atoms with E-state index in [9.17, 15) is 0 Å². The Bertz CT molecular complexity index is 673. The van der Waals surface area contributed by atoms with Gasteiger partial charge in [0, 0.05) is 0 Å². The van der Waals surface area contributed by atoms with Crippen LogP contribution in [0, 0.1) is 0 Å². The van der Waals surface area contributed by atoms with Crippen LogP contribution in [-0.4, -0.2) is 9.97 Å². The molecule has 0 atom stereocenters. The number of aromatic amines is 2. The number of rotatable bonds is 0. The zero-order valence-electron chi connectivity index (χ0n) is 7.13. The molecule has 0 radical (unpaired) electrons. The second kappa shape index (κ2) is 2.21. The van der Waals surface area contributed by atoms with Crippen LogP contribution < -0.4 is 0 Å². The van der Waals surface area contributed by atoms with E-state index in [4.69, 9.17) is 0 Å². The highest BCUT2D eigenvalue weighted by Crippen LogP contribution is 2.36. The monoisotopic (exact) mass is 218 g/mol. The smallest absolute Gasteiger partial charge is 0.0835 e. The van der Waals surface area contributed by atoms with Gasteiger partial charge in [0.2, 0.25) is 0 Å². The molecule has 0 aliphatic carbocycles. The lowest BCUT2D eigenvalue weighted by molar-refractivity contribution is 1.57. The maximum atomic E-state index is 3.46. The van der Waals surface area contributed by atoms with Gasteiger partial charge in [0.25, 0.3) is 0 Å². The summed E-state index contributed by atoms with van der Waals surface area (Å²) in [5.74, 6) is 0. The molecule has 0 aliphatic heterocycles. The Morgan fingerprint density at radius 3 is 1.79 bits per heavy atom. The van der Waals surface area contributed by atoms with Crippen LogP contribution in [0.5, 0.6) is 0 Å². The first-order valence-corrected chi connectivity index (χ1v) is 6.13. The van der Waals surface area contributed by atoms with Crippen molar-refractivity contribution in [1.29, 1.82) is 0 Å². The van der Waals surface area contributed by atoms with E-state index < -0.39 is 0 Å². The molecule has 68 valence electrons. The fourth-order valence-corrected chi connectivity index (χ4v) is 3.65. The van der Waals surface area contributed by atoms with Crippen LogP contribution in [0.1, 0.15) is 0 Å². The first-order chi connectivity index (χ1) is 6.93. The summed E-state index contributed by atoms with van der Waals surface area (Å²) in [7, 11) is 0. The lowest BCUT2D eigenvalue weighted by Gasteiger charge is -1.77. The molecule has 4 heterocycles. The molecule has 0 amide bonds. The molecular formula is C10H6N2S2. The molecule has 0 fully saturated rings. The topological polar surface area (TPSA) is 31.6 Å². The van der Waals surface area contributed by atoms with Gasteiger partial charge in [-0.2, -0.15) is 0 Å². The highest BCUT2D eigenvalue weighted by atomic mass is 32.1. The largest absolute Gasteiger partial charge is 0.351 e. The summed E-state index contributed by atoms with van der Waals surface area (Å²) in [6, 6.07) is 4.26. The Morgan fingerprint density at radius 1 is 0.786 bits per heavy atom. The van der Waals surface area contributed by atoms with Crippen LogP contribution in [0.25, 0.3) is 31.5 Å². The van der Waals surface area contributed by atoms with Crippen LogP contribution in [0.4, 0.5) is 0 Å². The van der Waals surface area contributed by atoms with Crippen molar-refractivity contribution in [3.05, 3.63) is 22.9 Å². The van der Waals surface area contributed by atoms with Crippen molar-refractivity contribution in [2.45, 2.75) is 0 Å². The molecule has 2 N–H and O–H groups in total. The van der Waals surface area contributed by atoms with Crippen molar-refractivity contribution < 1.29 is 0 Å². The first kappa shape index (κ1) is 7.09. The number of hydrogen-bond acceptors (Lipinski definition) is 2. The zero-order chi connectivity index (χ0) is 9.12. The van der Waals surface area contributed by atoms with Gasteiger partial charge in [0.15, 0.2) is 0 Å². The second-order valence-corrected chi connectivity index (χ2v) is 5.16. The lowest BCUT2D eigenvalue weighted by Crippen LogP contribution is -1.58. The van der Waals surface area contributed by atoms with Gasteiger partial charge in [-0.3, -0.25) is 0 Å². The van der Waals surface area contributed by atoms with Crippen molar-refractivity contribution in [3.8, 4) is 0 Å². The van der Waals surface area contributed by atoms with E-state index in [1.807, 2.05) is 0 Å². The minimum Gasteiger partial charge on any atom is -0.351 e. The number of fused-ring (bicyclic) bond motifs is 5. The van der Waals surface area contributed by atoms with E-state index in [1.54, 1.807) is 22.7 Å². The summed E-state index contributed by atoms with van der Waals surface area (Å²) < 4.78 is 2.67. The molecule has 4 aromatic heterocycles. The SMILES string of the molecule is c1cc2[nH]c3c([nH]c4ccsc43)c2s1. The Morgan fingerprint density at radius 2 is 1.29 bits per heavy atom.